The van der Waals surface area contributed by atoms with Gasteiger partial charge in [0.15, 0.2) is 0 Å². The summed E-state index contributed by atoms with van der Waals surface area (Å²) in [7, 11) is -1.64. The number of sulfonamides is 1. The molecule has 2 amide bonds. The molecule has 0 atom stereocenters. The Morgan fingerprint density at radius 2 is 1.93 bits per heavy atom. The van der Waals surface area contributed by atoms with Crippen LogP contribution in [0.5, 0.6) is 0 Å². The lowest BCUT2D eigenvalue weighted by Gasteiger charge is -2.32. The SMILES string of the molecule is Cn1cc(C(=O)NCC2CCN(C(=O)c3cccc(NS(C)(=O)=O)c3)CC2)cn1. The Kier molecular flexibility index (Phi) is 6.21. The molecule has 1 aliphatic heterocycles. The van der Waals surface area contributed by atoms with Gasteiger partial charge in [-0.05, 0) is 37.0 Å². The average molecular weight is 420 g/mol. The zero-order valence-corrected chi connectivity index (χ0v) is 17.3. The summed E-state index contributed by atoms with van der Waals surface area (Å²) >= 11 is 0. The van der Waals surface area contributed by atoms with Gasteiger partial charge in [-0.2, -0.15) is 5.10 Å². The number of amides is 2. The van der Waals surface area contributed by atoms with E-state index in [1.54, 1.807) is 47.1 Å². The number of piperidine rings is 1. The van der Waals surface area contributed by atoms with E-state index in [9.17, 15) is 18.0 Å². The number of carbonyl (C=O) groups is 2. The third kappa shape index (κ3) is 5.80. The van der Waals surface area contributed by atoms with Crippen LogP contribution in [0.1, 0.15) is 33.6 Å². The second-order valence-corrected chi connectivity index (χ2v) is 9.05. The third-order valence-corrected chi connectivity index (χ3v) is 5.44. The Labute approximate surface area is 170 Å². The monoisotopic (exact) mass is 419 g/mol. The maximum absolute atomic E-state index is 12.7. The standard InChI is InChI=1S/C19H25N5O4S/c1-23-13-16(12-21-23)18(25)20-11-14-6-8-24(9-7-14)19(26)15-4-3-5-17(10-15)22-29(2,27)28/h3-5,10,12-14,22H,6-9,11H2,1-2H3,(H,20,25). The molecule has 0 spiro atoms. The fraction of sp³-hybridized carbons (Fsp3) is 0.421. The van der Waals surface area contributed by atoms with Crippen LogP contribution < -0.4 is 10.0 Å². The van der Waals surface area contributed by atoms with Crippen molar-refractivity contribution in [2.24, 2.45) is 13.0 Å². The first-order chi connectivity index (χ1) is 13.7. The molecular formula is C19H25N5O4S. The van der Waals surface area contributed by atoms with Gasteiger partial charge in [0.2, 0.25) is 10.0 Å². The Bertz CT molecular complexity index is 994. The number of rotatable bonds is 6. The molecule has 1 saturated heterocycles. The van der Waals surface area contributed by atoms with Gasteiger partial charge in [-0.25, -0.2) is 8.42 Å². The van der Waals surface area contributed by atoms with Gasteiger partial charge >= 0.3 is 0 Å². The minimum Gasteiger partial charge on any atom is -0.352 e. The highest BCUT2D eigenvalue weighted by Crippen LogP contribution is 2.20. The summed E-state index contributed by atoms with van der Waals surface area (Å²) in [5, 5.41) is 6.92. The van der Waals surface area contributed by atoms with Gasteiger partial charge in [-0.15, -0.1) is 0 Å². The first kappa shape index (κ1) is 20.8. The third-order valence-electron chi connectivity index (χ3n) is 4.83. The Morgan fingerprint density at radius 3 is 2.55 bits per heavy atom. The van der Waals surface area contributed by atoms with Crippen molar-refractivity contribution in [1.29, 1.82) is 0 Å². The maximum atomic E-state index is 12.7. The zero-order chi connectivity index (χ0) is 21.0. The summed E-state index contributed by atoms with van der Waals surface area (Å²) in [5.41, 5.74) is 1.34. The molecule has 1 fully saturated rings. The van der Waals surface area contributed by atoms with E-state index in [1.165, 1.54) is 6.20 Å². The summed E-state index contributed by atoms with van der Waals surface area (Å²) in [6, 6.07) is 6.48. The number of benzene rings is 1. The molecule has 1 aromatic heterocycles. The van der Waals surface area contributed by atoms with Crippen LogP contribution in [-0.2, 0) is 17.1 Å². The number of nitrogens with one attached hydrogen (secondary N) is 2. The fourth-order valence-corrected chi connectivity index (χ4v) is 3.89. The van der Waals surface area contributed by atoms with E-state index in [-0.39, 0.29) is 11.8 Å². The second kappa shape index (κ2) is 8.64. The number of hydrogen-bond donors (Lipinski definition) is 2. The quantitative estimate of drug-likeness (QED) is 0.727. The summed E-state index contributed by atoms with van der Waals surface area (Å²) in [5.74, 6) is 0.0321. The van der Waals surface area contributed by atoms with Crippen LogP contribution in [-0.4, -0.2) is 60.8 Å². The van der Waals surface area contributed by atoms with Crippen molar-refractivity contribution in [1.82, 2.24) is 20.0 Å². The first-order valence-corrected chi connectivity index (χ1v) is 11.2. The van der Waals surface area contributed by atoms with Gasteiger partial charge in [0.25, 0.3) is 11.8 Å². The van der Waals surface area contributed by atoms with E-state index in [0.717, 1.165) is 19.1 Å². The van der Waals surface area contributed by atoms with Crippen molar-refractivity contribution in [3.8, 4) is 0 Å². The Balaban J connectivity index is 1.50. The molecule has 1 aliphatic rings. The predicted molar refractivity (Wildman–Crippen MR) is 109 cm³/mol. The Hall–Kier alpha value is -2.88. The molecule has 0 aliphatic carbocycles. The number of likely N-dealkylation sites (tertiary alicyclic amines) is 1. The molecule has 2 aromatic rings. The van der Waals surface area contributed by atoms with Crippen molar-refractivity contribution in [2.45, 2.75) is 12.8 Å². The number of aryl methyl sites for hydroxylation is 1. The van der Waals surface area contributed by atoms with Crippen molar-refractivity contribution >= 4 is 27.5 Å². The van der Waals surface area contributed by atoms with Gasteiger partial charge in [-0.1, -0.05) is 6.07 Å². The van der Waals surface area contributed by atoms with E-state index >= 15 is 0 Å². The molecule has 0 radical (unpaired) electrons. The molecule has 29 heavy (non-hydrogen) atoms. The topological polar surface area (TPSA) is 113 Å². The predicted octanol–water partition coefficient (Wildman–Crippen LogP) is 1.07. The molecule has 9 nitrogen and oxygen atoms in total. The molecule has 156 valence electrons. The molecule has 3 rings (SSSR count). The van der Waals surface area contributed by atoms with Crippen LogP contribution in [0, 0.1) is 5.92 Å². The summed E-state index contributed by atoms with van der Waals surface area (Å²) in [6.07, 6.45) is 5.85. The van der Waals surface area contributed by atoms with Gasteiger partial charge in [0.1, 0.15) is 0 Å². The lowest BCUT2D eigenvalue weighted by Crippen LogP contribution is -2.41. The summed E-state index contributed by atoms with van der Waals surface area (Å²) in [6.45, 7) is 1.75. The van der Waals surface area contributed by atoms with Crippen LogP contribution in [0.4, 0.5) is 5.69 Å². The molecule has 0 bridgehead atoms. The van der Waals surface area contributed by atoms with Gasteiger partial charge < -0.3 is 10.2 Å². The summed E-state index contributed by atoms with van der Waals surface area (Å²) in [4.78, 5) is 26.6. The van der Waals surface area contributed by atoms with E-state index in [2.05, 4.69) is 15.1 Å². The average Bonchev–Trinajstić information content (AvgIpc) is 3.11. The van der Waals surface area contributed by atoms with Crippen LogP contribution in [0.3, 0.4) is 0 Å². The number of carbonyl (C=O) groups excluding carboxylic acids is 2. The highest BCUT2D eigenvalue weighted by Gasteiger charge is 2.24. The van der Waals surface area contributed by atoms with Gasteiger partial charge in [-0.3, -0.25) is 19.0 Å². The van der Waals surface area contributed by atoms with Gasteiger partial charge in [0, 0.05) is 44.1 Å². The smallest absolute Gasteiger partial charge is 0.254 e. The molecule has 2 N–H and O–H groups in total. The van der Waals surface area contributed by atoms with Crippen LogP contribution in [0.25, 0.3) is 0 Å². The van der Waals surface area contributed by atoms with Crippen molar-refractivity contribution in [3.63, 3.8) is 0 Å². The molecule has 2 heterocycles. The largest absolute Gasteiger partial charge is 0.352 e. The van der Waals surface area contributed by atoms with Crippen LogP contribution in [0.15, 0.2) is 36.7 Å². The van der Waals surface area contributed by atoms with E-state index in [1.807, 2.05) is 0 Å². The number of hydrogen-bond acceptors (Lipinski definition) is 5. The van der Waals surface area contributed by atoms with Crippen molar-refractivity contribution in [2.75, 3.05) is 30.6 Å². The first-order valence-electron chi connectivity index (χ1n) is 9.35. The van der Waals surface area contributed by atoms with Crippen LogP contribution in [0.2, 0.25) is 0 Å². The minimum atomic E-state index is -3.40. The van der Waals surface area contributed by atoms with E-state index in [0.29, 0.717) is 42.4 Å². The number of anilines is 1. The van der Waals surface area contributed by atoms with Crippen molar-refractivity contribution in [3.05, 3.63) is 47.8 Å². The molecule has 0 saturated carbocycles. The van der Waals surface area contributed by atoms with Crippen LogP contribution >= 0.6 is 0 Å². The fourth-order valence-electron chi connectivity index (χ4n) is 3.33. The Morgan fingerprint density at radius 1 is 1.21 bits per heavy atom. The normalized spacial score (nSPS) is 15.2. The number of nitrogens with zero attached hydrogens (tertiary/aromatic N) is 3. The second-order valence-electron chi connectivity index (χ2n) is 7.30. The van der Waals surface area contributed by atoms with E-state index in [4.69, 9.17) is 0 Å². The highest BCUT2D eigenvalue weighted by atomic mass is 32.2. The lowest BCUT2D eigenvalue weighted by atomic mass is 9.96. The zero-order valence-electron chi connectivity index (χ0n) is 16.5. The molecule has 1 aromatic carbocycles. The maximum Gasteiger partial charge on any atom is 0.254 e. The molecular weight excluding hydrogens is 394 g/mol. The molecule has 10 heteroatoms. The minimum absolute atomic E-state index is 0.125. The molecule has 0 unspecified atom stereocenters. The van der Waals surface area contributed by atoms with Gasteiger partial charge in [0.05, 0.1) is 18.0 Å². The van der Waals surface area contributed by atoms with E-state index < -0.39 is 10.0 Å². The highest BCUT2D eigenvalue weighted by molar-refractivity contribution is 7.92. The lowest BCUT2D eigenvalue weighted by molar-refractivity contribution is 0.0684. The van der Waals surface area contributed by atoms with Crippen molar-refractivity contribution < 1.29 is 18.0 Å². The number of aromatic nitrogens is 2. The summed E-state index contributed by atoms with van der Waals surface area (Å²) < 4.78 is 26.7.